The van der Waals surface area contributed by atoms with Crippen molar-refractivity contribution in [3.05, 3.63) is 29.3 Å². The number of methoxy groups -OCH3 is 1. The van der Waals surface area contributed by atoms with Gasteiger partial charge in [-0.05, 0) is 49.7 Å². The average Bonchev–Trinajstić information content (AvgIpc) is 2.43. The van der Waals surface area contributed by atoms with Gasteiger partial charge in [-0.3, -0.25) is 0 Å². The standard InChI is InChI=1S/C15H21NO3/c1-16-6-5-15(9-17)12-8-11(19-2)4-3-10(12)7-13(16)14(15)18/h3-4,8,13-14,17-18H,5-7,9H2,1-2H3/t13?,14-,15?/m1/s1. The van der Waals surface area contributed by atoms with Gasteiger partial charge in [0.2, 0.25) is 0 Å². The lowest BCUT2D eigenvalue weighted by Crippen LogP contribution is -2.63. The van der Waals surface area contributed by atoms with Crippen LogP contribution in [0.25, 0.3) is 0 Å². The summed E-state index contributed by atoms with van der Waals surface area (Å²) in [4.78, 5) is 2.20. The molecule has 4 heteroatoms. The smallest absolute Gasteiger partial charge is 0.119 e. The maximum atomic E-state index is 10.7. The van der Waals surface area contributed by atoms with Crippen LogP contribution in [0.15, 0.2) is 18.2 Å². The number of ether oxygens (including phenoxy) is 1. The van der Waals surface area contributed by atoms with Crippen LogP contribution in [0.3, 0.4) is 0 Å². The van der Waals surface area contributed by atoms with E-state index in [0.29, 0.717) is 0 Å². The summed E-state index contributed by atoms with van der Waals surface area (Å²) < 4.78 is 5.29. The normalized spacial score (nSPS) is 33.9. The number of hydrogen-bond acceptors (Lipinski definition) is 4. The van der Waals surface area contributed by atoms with Crippen LogP contribution in [0, 0.1) is 0 Å². The zero-order valence-electron chi connectivity index (χ0n) is 11.5. The predicted molar refractivity (Wildman–Crippen MR) is 72.5 cm³/mol. The lowest BCUT2D eigenvalue weighted by atomic mass is 9.62. The first-order valence-corrected chi connectivity index (χ1v) is 6.79. The average molecular weight is 263 g/mol. The molecule has 1 aromatic rings. The fourth-order valence-corrected chi connectivity index (χ4v) is 3.67. The van der Waals surface area contributed by atoms with Gasteiger partial charge in [-0.2, -0.15) is 0 Å². The predicted octanol–water partition coefficient (Wildman–Crippen LogP) is 0.546. The highest BCUT2D eigenvalue weighted by Gasteiger charge is 2.51. The molecule has 3 atom stereocenters. The summed E-state index contributed by atoms with van der Waals surface area (Å²) in [6, 6.07) is 6.10. The molecule has 4 nitrogen and oxygen atoms in total. The van der Waals surface area contributed by atoms with Crippen LogP contribution >= 0.6 is 0 Å². The number of likely N-dealkylation sites (tertiary alicyclic amines) is 1. The third-order valence-electron chi connectivity index (χ3n) is 4.97. The minimum absolute atomic E-state index is 0.0152. The van der Waals surface area contributed by atoms with Gasteiger partial charge in [0.1, 0.15) is 5.75 Å². The molecule has 1 aliphatic carbocycles. The van der Waals surface area contributed by atoms with E-state index >= 15 is 0 Å². The molecule has 19 heavy (non-hydrogen) atoms. The number of aliphatic hydroxyl groups excluding tert-OH is 2. The highest BCUT2D eigenvalue weighted by atomic mass is 16.5. The number of likely N-dealkylation sites (N-methyl/N-ethyl adjacent to an activating group) is 1. The molecule has 104 valence electrons. The molecule has 0 aromatic heterocycles. The van der Waals surface area contributed by atoms with Gasteiger partial charge in [0.15, 0.2) is 0 Å². The Morgan fingerprint density at radius 2 is 2.26 bits per heavy atom. The first-order valence-electron chi connectivity index (χ1n) is 6.79. The molecule has 1 aromatic carbocycles. The van der Waals surface area contributed by atoms with Crippen LogP contribution in [-0.4, -0.2) is 54.6 Å². The van der Waals surface area contributed by atoms with Gasteiger partial charge in [-0.25, -0.2) is 0 Å². The number of aliphatic hydroxyl groups is 2. The van der Waals surface area contributed by atoms with Crippen LogP contribution in [0.4, 0.5) is 0 Å². The van der Waals surface area contributed by atoms with Crippen molar-refractivity contribution in [3.63, 3.8) is 0 Å². The molecule has 1 saturated heterocycles. The van der Waals surface area contributed by atoms with E-state index in [4.69, 9.17) is 4.74 Å². The van der Waals surface area contributed by atoms with Gasteiger partial charge < -0.3 is 19.8 Å². The summed E-state index contributed by atoms with van der Waals surface area (Å²) in [6.45, 7) is 0.887. The third-order valence-corrected chi connectivity index (χ3v) is 4.97. The molecule has 0 amide bonds. The summed E-state index contributed by atoms with van der Waals surface area (Å²) >= 11 is 0. The molecular formula is C15H21NO3. The van der Waals surface area contributed by atoms with Crippen LogP contribution in [0.5, 0.6) is 5.75 Å². The summed E-state index contributed by atoms with van der Waals surface area (Å²) in [5.74, 6) is 0.788. The summed E-state index contributed by atoms with van der Waals surface area (Å²) in [5.41, 5.74) is 1.75. The lowest BCUT2D eigenvalue weighted by Gasteiger charge is -2.53. The minimum atomic E-state index is -0.528. The molecular weight excluding hydrogens is 242 g/mol. The second-order valence-corrected chi connectivity index (χ2v) is 5.78. The number of rotatable bonds is 2. The van der Waals surface area contributed by atoms with Crippen molar-refractivity contribution >= 4 is 0 Å². The Morgan fingerprint density at radius 1 is 1.47 bits per heavy atom. The van der Waals surface area contributed by atoms with Gasteiger partial charge in [0, 0.05) is 11.5 Å². The molecule has 2 N–H and O–H groups in total. The van der Waals surface area contributed by atoms with Crippen LogP contribution in [-0.2, 0) is 11.8 Å². The van der Waals surface area contributed by atoms with E-state index in [1.165, 1.54) is 5.56 Å². The quantitative estimate of drug-likeness (QED) is 0.818. The minimum Gasteiger partial charge on any atom is -0.497 e. The molecule has 1 fully saturated rings. The van der Waals surface area contributed by atoms with E-state index in [9.17, 15) is 10.2 Å². The van der Waals surface area contributed by atoms with Gasteiger partial charge in [-0.15, -0.1) is 0 Å². The number of nitrogens with zero attached hydrogens (tertiary/aromatic N) is 1. The first kappa shape index (κ1) is 12.9. The number of hydrogen-bond donors (Lipinski definition) is 2. The van der Waals surface area contributed by atoms with Crippen molar-refractivity contribution in [2.75, 3.05) is 27.3 Å². The van der Waals surface area contributed by atoms with Gasteiger partial charge in [0.05, 0.1) is 19.8 Å². The Bertz CT molecular complexity index is 490. The topological polar surface area (TPSA) is 52.9 Å². The van der Waals surface area contributed by atoms with E-state index in [-0.39, 0.29) is 12.6 Å². The fraction of sp³-hybridized carbons (Fsp3) is 0.600. The molecule has 2 unspecified atom stereocenters. The van der Waals surface area contributed by atoms with Gasteiger partial charge in [0.25, 0.3) is 0 Å². The Labute approximate surface area is 113 Å². The van der Waals surface area contributed by atoms with E-state index in [1.54, 1.807) is 7.11 Å². The second-order valence-electron chi connectivity index (χ2n) is 5.78. The first-order chi connectivity index (χ1) is 9.12. The Morgan fingerprint density at radius 3 is 2.95 bits per heavy atom. The van der Waals surface area contributed by atoms with E-state index in [0.717, 1.165) is 30.7 Å². The van der Waals surface area contributed by atoms with Crippen molar-refractivity contribution in [2.24, 2.45) is 0 Å². The van der Waals surface area contributed by atoms with E-state index < -0.39 is 11.5 Å². The van der Waals surface area contributed by atoms with Crippen molar-refractivity contribution < 1.29 is 14.9 Å². The SMILES string of the molecule is COc1ccc2c(c1)C1(CO)CCN(C)C(C2)[C@H]1O. The molecule has 2 aliphatic rings. The summed E-state index contributed by atoms with van der Waals surface area (Å²) in [7, 11) is 3.69. The molecule has 2 bridgehead atoms. The zero-order chi connectivity index (χ0) is 13.6. The van der Waals surface area contributed by atoms with Crippen LogP contribution in [0.2, 0.25) is 0 Å². The Hall–Kier alpha value is -1.10. The molecule has 0 saturated carbocycles. The summed E-state index contributed by atoms with van der Waals surface area (Å²) in [5, 5.41) is 20.6. The van der Waals surface area contributed by atoms with Crippen molar-refractivity contribution in [1.29, 1.82) is 0 Å². The number of fused-ring (bicyclic) bond motifs is 4. The molecule has 3 rings (SSSR count). The number of benzene rings is 1. The van der Waals surface area contributed by atoms with Gasteiger partial charge in [-0.1, -0.05) is 6.07 Å². The zero-order valence-corrected chi connectivity index (χ0v) is 11.5. The highest BCUT2D eigenvalue weighted by molar-refractivity contribution is 5.45. The lowest BCUT2D eigenvalue weighted by molar-refractivity contribution is -0.0677. The maximum absolute atomic E-state index is 10.7. The van der Waals surface area contributed by atoms with Crippen LogP contribution < -0.4 is 4.74 Å². The number of piperidine rings is 1. The molecule has 0 spiro atoms. The molecule has 0 radical (unpaired) electrons. The summed E-state index contributed by atoms with van der Waals surface area (Å²) in [6.07, 6.45) is 1.09. The highest BCUT2D eigenvalue weighted by Crippen LogP contribution is 2.45. The van der Waals surface area contributed by atoms with Crippen molar-refractivity contribution in [3.8, 4) is 5.75 Å². The fourth-order valence-electron chi connectivity index (χ4n) is 3.67. The Balaban J connectivity index is 2.15. The largest absolute Gasteiger partial charge is 0.497 e. The van der Waals surface area contributed by atoms with Gasteiger partial charge >= 0.3 is 0 Å². The van der Waals surface area contributed by atoms with Crippen molar-refractivity contribution in [2.45, 2.75) is 30.4 Å². The van der Waals surface area contributed by atoms with E-state index in [1.807, 2.05) is 19.2 Å². The molecule has 1 heterocycles. The second kappa shape index (κ2) is 4.47. The van der Waals surface area contributed by atoms with Crippen molar-refractivity contribution in [1.82, 2.24) is 4.90 Å². The van der Waals surface area contributed by atoms with Crippen LogP contribution in [0.1, 0.15) is 17.5 Å². The van der Waals surface area contributed by atoms with E-state index in [2.05, 4.69) is 11.0 Å². The monoisotopic (exact) mass is 263 g/mol. The third kappa shape index (κ3) is 1.71. The Kier molecular flexibility index (Phi) is 3.04. The molecule has 1 aliphatic heterocycles. The maximum Gasteiger partial charge on any atom is 0.119 e.